The second kappa shape index (κ2) is 11.8. The van der Waals surface area contributed by atoms with E-state index in [9.17, 15) is 0 Å². The van der Waals surface area contributed by atoms with Gasteiger partial charge < -0.3 is 19.9 Å². The lowest BCUT2D eigenvalue weighted by Crippen LogP contribution is -2.38. The fourth-order valence-corrected chi connectivity index (χ4v) is 2.59. The number of nitrogens with zero attached hydrogens (tertiary/aromatic N) is 4. The monoisotopic (exact) mass is 486 g/mol. The summed E-state index contributed by atoms with van der Waals surface area (Å²) in [4.78, 5) is 4.60. The molecule has 0 fully saturated rings. The Morgan fingerprint density at radius 3 is 2.48 bits per heavy atom. The van der Waals surface area contributed by atoms with Crippen LogP contribution in [0.15, 0.2) is 29.3 Å². The molecule has 1 aromatic heterocycles. The number of aliphatic imine (C=N–C) groups is 1. The zero-order valence-corrected chi connectivity index (χ0v) is 19.2. The van der Waals surface area contributed by atoms with Crippen LogP contribution in [0.25, 0.3) is 0 Å². The van der Waals surface area contributed by atoms with Gasteiger partial charge in [0.25, 0.3) is 0 Å². The Morgan fingerprint density at radius 2 is 1.93 bits per heavy atom. The van der Waals surface area contributed by atoms with Crippen molar-refractivity contribution in [2.45, 2.75) is 39.7 Å². The summed E-state index contributed by atoms with van der Waals surface area (Å²) in [5.74, 6) is 3.89. The molecule has 0 saturated heterocycles. The quantitative estimate of drug-likeness (QED) is 0.341. The van der Waals surface area contributed by atoms with Crippen LogP contribution in [-0.4, -0.2) is 40.9 Å². The molecule has 150 valence electrons. The first-order valence-corrected chi connectivity index (χ1v) is 9.06. The zero-order chi connectivity index (χ0) is 18.9. The van der Waals surface area contributed by atoms with Crippen LogP contribution < -0.4 is 15.4 Å². The molecule has 2 N–H and O–H groups in total. The first-order valence-electron chi connectivity index (χ1n) is 9.06. The summed E-state index contributed by atoms with van der Waals surface area (Å²) in [5, 5.41) is 14.9. The lowest BCUT2D eigenvalue weighted by molar-refractivity contribution is 0.414. The maximum absolute atomic E-state index is 5.21. The maximum atomic E-state index is 5.21. The molecule has 1 aromatic carbocycles. The number of nitrogens with one attached hydrogen (secondary N) is 2. The number of ether oxygens (including phenoxy) is 1. The number of benzene rings is 1. The van der Waals surface area contributed by atoms with Crippen LogP contribution in [0.4, 0.5) is 0 Å². The molecule has 2 aromatic rings. The highest BCUT2D eigenvalue weighted by atomic mass is 127. The van der Waals surface area contributed by atoms with E-state index in [1.54, 1.807) is 7.11 Å². The average Bonchev–Trinajstić information content (AvgIpc) is 2.98. The maximum Gasteiger partial charge on any atom is 0.191 e. The predicted molar refractivity (Wildman–Crippen MR) is 120 cm³/mol. The van der Waals surface area contributed by atoms with Crippen molar-refractivity contribution in [3.8, 4) is 5.75 Å². The van der Waals surface area contributed by atoms with Crippen LogP contribution in [0.1, 0.15) is 43.4 Å². The van der Waals surface area contributed by atoms with Gasteiger partial charge in [0.05, 0.1) is 7.11 Å². The highest BCUT2D eigenvalue weighted by Gasteiger charge is 2.07. The average molecular weight is 486 g/mol. The van der Waals surface area contributed by atoms with Crippen LogP contribution in [0, 0.1) is 6.92 Å². The molecule has 0 aliphatic heterocycles. The Balaban J connectivity index is 0.00000364. The van der Waals surface area contributed by atoms with E-state index in [4.69, 9.17) is 4.74 Å². The molecule has 0 spiro atoms. The van der Waals surface area contributed by atoms with Gasteiger partial charge in [-0.05, 0) is 43.9 Å². The minimum Gasteiger partial charge on any atom is -0.497 e. The molecule has 0 aliphatic carbocycles. The summed E-state index contributed by atoms with van der Waals surface area (Å²) in [6.07, 6.45) is 1.01. The van der Waals surface area contributed by atoms with Crippen molar-refractivity contribution >= 4 is 29.9 Å². The van der Waals surface area contributed by atoms with Gasteiger partial charge in [0.15, 0.2) is 11.8 Å². The molecule has 8 heteroatoms. The Labute approximate surface area is 179 Å². The molecule has 0 saturated carbocycles. The minimum absolute atomic E-state index is 0. The van der Waals surface area contributed by atoms with Crippen LogP contribution in [-0.2, 0) is 13.6 Å². The van der Waals surface area contributed by atoms with Gasteiger partial charge in [-0.3, -0.25) is 0 Å². The summed E-state index contributed by atoms with van der Waals surface area (Å²) >= 11 is 0. The van der Waals surface area contributed by atoms with Crippen molar-refractivity contribution in [1.82, 2.24) is 25.4 Å². The van der Waals surface area contributed by atoms with Crippen LogP contribution >= 0.6 is 24.0 Å². The third-order valence-electron chi connectivity index (χ3n) is 4.46. The summed E-state index contributed by atoms with van der Waals surface area (Å²) in [6.45, 7) is 8.39. The van der Waals surface area contributed by atoms with Gasteiger partial charge in [-0.15, -0.1) is 34.2 Å². The zero-order valence-electron chi connectivity index (χ0n) is 16.8. The van der Waals surface area contributed by atoms with Gasteiger partial charge in [0, 0.05) is 20.1 Å². The number of aryl methyl sites for hydroxylation is 1. The van der Waals surface area contributed by atoms with E-state index >= 15 is 0 Å². The van der Waals surface area contributed by atoms with Crippen LogP contribution in [0.5, 0.6) is 5.75 Å². The van der Waals surface area contributed by atoms with E-state index in [2.05, 4.69) is 51.8 Å². The van der Waals surface area contributed by atoms with Gasteiger partial charge in [-0.25, -0.2) is 4.99 Å². The topological polar surface area (TPSA) is 76.4 Å². The number of rotatable bonds is 8. The molecule has 0 bridgehead atoms. The van der Waals surface area contributed by atoms with Gasteiger partial charge in [0.2, 0.25) is 0 Å². The molecule has 1 heterocycles. The highest BCUT2D eigenvalue weighted by molar-refractivity contribution is 14.0. The smallest absolute Gasteiger partial charge is 0.191 e. The number of hydrogen-bond acceptors (Lipinski definition) is 4. The fourth-order valence-electron chi connectivity index (χ4n) is 2.59. The third kappa shape index (κ3) is 7.00. The van der Waals surface area contributed by atoms with E-state index in [1.807, 2.05) is 30.7 Å². The molecule has 0 amide bonds. The lowest BCUT2D eigenvalue weighted by atomic mass is 9.98. The molecule has 7 nitrogen and oxygen atoms in total. The molecule has 1 unspecified atom stereocenters. The Kier molecular flexibility index (Phi) is 10.1. The van der Waals surface area contributed by atoms with E-state index in [1.165, 1.54) is 5.56 Å². The molecule has 2 rings (SSSR count). The first kappa shape index (κ1) is 23.2. The van der Waals surface area contributed by atoms with Crippen LogP contribution in [0.2, 0.25) is 0 Å². The van der Waals surface area contributed by atoms with Crippen molar-refractivity contribution < 1.29 is 4.74 Å². The van der Waals surface area contributed by atoms with Crippen molar-refractivity contribution in [3.05, 3.63) is 41.5 Å². The molecular formula is C19H31IN6O. The van der Waals surface area contributed by atoms with E-state index < -0.39 is 0 Å². The second-order valence-corrected chi connectivity index (χ2v) is 6.31. The Hall–Kier alpha value is -1.84. The van der Waals surface area contributed by atoms with Crippen molar-refractivity contribution in [3.63, 3.8) is 0 Å². The van der Waals surface area contributed by atoms with Crippen molar-refractivity contribution in [1.29, 1.82) is 0 Å². The number of methoxy groups -OCH3 is 1. The third-order valence-corrected chi connectivity index (χ3v) is 4.46. The normalized spacial score (nSPS) is 12.3. The molecule has 0 aliphatic rings. The molecule has 27 heavy (non-hydrogen) atoms. The second-order valence-electron chi connectivity index (χ2n) is 6.31. The van der Waals surface area contributed by atoms with E-state index in [0.29, 0.717) is 12.5 Å². The standard InChI is InChI=1S/C19H30N6O.HI/c1-6-20-19(22-13-18-24-23-15(3)25(18)4)21-12-11-14(2)16-7-9-17(26-5)10-8-16;/h7-10,14H,6,11-13H2,1-5H3,(H2,20,21,22);1H. The first-order chi connectivity index (χ1) is 12.5. The van der Waals surface area contributed by atoms with Gasteiger partial charge in [-0.1, -0.05) is 19.1 Å². The summed E-state index contributed by atoms with van der Waals surface area (Å²) < 4.78 is 7.17. The number of halogens is 1. The summed E-state index contributed by atoms with van der Waals surface area (Å²) in [7, 11) is 3.64. The predicted octanol–water partition coefficient (Wildman–Crippen LogP) is 3.00. The van der Waals surface area contributed by atoms with E-state index in [-0.39, 0.29) is 24.0 Å². The van der Waals surface area contributed by atoms with Gasteiger partial charge >= 0.3 is 0 Å². The minimum atomic E-state index is 0. The highest BCUT2D eigenvalue weighted by Crippen LogP contribution is 2.21. The fraction of sp³-hybridized carbons (Fsp3) is 0.526. The molecule has 1 atom stereocenters. The van der Waals surface area contributed by atoms with E-state index in [0.717, 1.165) is 42.9 Å². The largest absolute Gasteiger partial charge is 0.497 e. The molecular weight excluding hydrogens is 455 g/mol. The lowest BCUT2D eigenvalue weighted by Gasteiger charge is -2.15. The summed E-state index contributed by atoms with van der Waals surface area (Å²) in [6, 6.07) is 8.26. The van der Waals surface area contributed by atoms with Gasteiger partial charge in [-0.2, -0.15) is 0 Å². The number of aromatic nitrogens is 3. The van der Waals surface area contributed by atoms with Crippen molar-refractivity contribution in [2.24, 2.45) is 12.0 Å². The SMILES string of the molecule is CCNC(=NCc1nnc(C)n1C)NCCC(C)c1ccc(OC)cc1.I. The Morgan fingerprint density at radius 1 is 1.22 bits per heavy atom. The number of hydrogen-bond donors (Lipinski definition) is 2. The molecule has 0 radical (unpaired) electrons. The number of guanidine groups is 1. The van der Waals surface area contributed by atoms with Crippen LogP contribution in [0.3, 0.4) is 0 Å². The van der Waals surface area contributed by atoms with Crippen molar-refractivity contribution in [2.75, 3.05) is 20.2 Å². The summed E-state index contributed by atoms with van der Waals surface area (Å²) in [5.41, 5.74) is 1.31. The van der Waals surface area contributed by atoms with Gasteiger partial charge in [0.1, 0.15) is 18.1 Å². The Bertz CT molecular complexity index is 713.